The number of hydrogen-bond acceptors (Lipinski definition) is 9. The van der Waals surface area contributed by atoms with E-state index in [4.69, 9.17) is 45.6 Å². The summed E-state index contributed by atoms with van der Waals surface area (Å²) in [5.41, 5.74) is 16.8. The highest BCUT2D eigenvalue weighted by molar-refractivity contribution is 5.02. The zero-order valence-electron chi connectivity index (χ0n) is 16.8. The second-order valence-corrected chi connectivity index (χ2v) is 8.92. The SMILES string of the molecule is CC(C)(CC1CO1)OC(N)C(N)(OCC1CO1)C(N)C(C)(C)OCC1CO1. The van der Waals surface area contributed by atoms with Crippen molar-refractivity contribution in [3.8, 4) is 0 Å². The van der Waals surface area contributed by atoms with Gasteiger partial charge in [0.2, 0.25) is 0 Å². The van der Waals surface area contributed by atoms with Crippen molar-refractivity contribution < 1.29 is 28.4 Å². The minimum Gasteiger partial charge on any atom is -0.373 e. The van der Waals surface area contributed by atoms with E-state index in [1.807, 2.05) is 27.7 Å². The third-order valence-electron chi connectivity index (χ3n) is 5.21. The summed E-state index contributed by atoms with van der Waals surface area (Å²) < 4.78 is 33.8. The Hall–Kier alpha value is -0.360. The van der Waals surface area contributed by atoms with Gasteiger partial charge < -0.3 is 39.9 Å². The minimum atomic E-state index is -1.46. The van der Waals surface area contributed by atoms with E-state index >= 15 is 0 Å². The van der Waals surface area contributed by atoms with Crippen LogP contribution in [0.2, 0.25) is 0 Å². The third-order valence-corrected chi connectivity index (χ3v) is 5.21. The van der Waals surface area contributed by atoms with E-state index in [2.05, 4.69) is 0 Å². The maximum Gasteiger partial charge on any atom is 0.174 e. The Bertz CT molecular complexity index is 507. The van der Waals surface area contributed by atoms with Crippen LogP contribution < -0.4 is 17.2 Å². The molecule has 3 saturated heterocycles. The molecule has 9 heteroatoms. The summed E-state index contributed by atoms with van der Waals surface area (Å²) in [6, 6.07) is -0.745. The molecule has 9 nitrogen and oxygen atoms in total. The van der Waals surface area contributed by atoms with Gasteiger partial charge in [-0.25, -0.2) is 0 Å². The zero-order chi connectivity index (χ0) is 19.9. The molecule has 0 aromatic rings. The lowest BCUT2D eigenvalue weighted by molar-refractivity contribution is -0.218. The van der Waals surface area contributed by atoms with Crippen molar-refractivity contribution in [1.29, 1.82) is 0 Å². The molecule has 0 bridgehead atoms. The van der Waals surface area contributed by atoms with Crippen LogP contribution in [0.3, 0.4) is 0 Å². The lowest BCUT2D eigenvalue weighted by atomic mass is 9.88. The Balaban J connectivity index is 1.67. The molecule has 6 unspecified atom stereocenters. The zero-order valence-corrected chi connectivity index (χ0v) is 16.8. The van der Waals surface area contributed by atoms with Gasteiger partial charge in [-0.1, -0.05) is 0 Å². The summed E-state index contributed by atoms with van der Waals surface area (Å²) in [6.07, 6.45) is 0.0968. The van der Waals surface area contributed by atoms with Crippen LogP contribution in [0.25, 0.3) is 0 Å². The van der Waals surface area contributed by atoms with Gasteiger partial charge in [-0.05, 0) is 27.7 Å². The molecular formula is C18H35N3O6. The fourth-order valence-corrected chi connectivity index (χ4v) is 3.07. The second kappa shape index (κ2) is 7.81. The highest BCUT2D eigenvalue weighted by Crippen LogP contribution is 2.32. The predicted molar refractivity (Wildman–Crippen MR) is 97.9 cm³/mol. The molecule has 0 aromatic heterocycles. The summed E-state index contributed by atoms with van der Waals surface area (Å²) in [7, 11) is 0. The molecule has 3 aliphatic heterocycles. The highest BCUT2D eigenvalue weighted by atomic mass is 16.6. The summed E-state index contributed by atoms with van der Waals surface area (Å²) in [4.78, 5) is 0. The Morgan fingerprint density at radius 3 is 1.85 bits per heavy atom. The van der Waals surface area contributed by atoms with E-state index < -0.39 is 29.2 Å². The van der Waals surface area contributed by atoms with Crippen LogP contribution >= 0.6 is 0 Å². The van der Waals surface area contributed by atoms with Crippen molar-refractivity contribution >= 4 is 0 Å². The maximum absolute atomic E-state index is 6.63. The third kappa shape index (κ3) is 6.06. The standard InChI is InChI=1S/C18H35N3O6/c1-16(2,5-11-6-22-11)27-15(20)18(21,26-10-13-8-24-13)14(19)17(3,4)25-9-12-7-23-12/h11-15H,5-10,19-21H2,1-4H3. The fraction of sp³-hybridized carbons (Fsp3) is 1.00. The Morgan fingerprint density at radius 1 is 0.889 bits per heavy atom. The Morgan fingerprint density at radius 2 is 1.37 bits per heavy atom. The first-order valence-electron chi connectivity index (χ1n) is 9.62. The van der Waals surface area contributed by atoms with E-state index in [0.29, 0.717) is 26.4 Å². The van der Waals surface area contributed by atoms with Crippen molar-refractivity contribution in [2.24, 2.45) is 17.2 Å². The molecule has 3 aliphatic rings. The molecule has 0 radical (unpaired) electrons. The van der Waals surface area contributed by atoms with Crippen LogP contribution in [0.5, 0.6) is 0 Å². The van der Waals surface area contributed by atoms with E-state index in [1.54, 1.807) is 0 Å². The summed E-state index contributed by atoms with van der Waals surface area (Å²) >= 11 is 0. The van der Waals surface area contributed by atoms with Crippen LogP contribution in [0.15, 0.2) is 0 Å². The molecule has 0 aliphatic carbocycles. The smallest absolute Gasteiger partial charge is 0.174 e. The van der Waals surface area contributed by atoms with E-state index in [-0.39, 0.29) is 18.3 Å². The number of ether oxygens (including phenoxy) is 6. The van der Waals surface area contributed by atoms with Crippen molar-refractivity contribution in [3.63, 3.8) is 0 Å². The summed E-state index contributed by atoms with van der Waals surface area (Å²) in [5, 5.41) is 0. The van der Waals surface area contributed by atoms with Crippen molar-refractivity contribution in [3.05, 3.63) is 0 Å². The fourth-order valence-electron chi connectivity index (χ4n) is 3.07. The van der Waals surface area contributed by atoms with Crippen LogP contribution in [0.4, 0.5) is 0 Å². The second-order valence-electron chi connectivity index (χ2n) is 8.92. The monoisotopic (exact) mass is 389 g/mol. The number of rotatable bonds is 13. The summed E-state index contributed by atoms with van der Waals surface area (Å²) in [6.45, 7) is 10.5. The molecule has 0 amide bonds. The van der Waals surface area contributed by atoms with Crippen molar-refractivity contribution in [2.45, 2.75) is 81.6 Å². The van der Waals surface area contributed by atoms with Gasteiger partial charge in [0.05, 0.1) is 56.4 Å². The van der Waals surface area contributed by atoms with Gasteiger partial charge in [0, 0.05) is 6.42 Å². The predicted octanol–water partition coefficient (Wildman–Crippen LogP) is -0.553. The van der Waals surface area contributed by atoms with E-state index in [1.165, 1.54) is 0 Å². The van der Waals surface area contributed by atoms with E-state index in [0.717, 1.165) is 13.0 Å². The average Bonchev–Trinajstić information content (AvgIpc) is 3.44. The molecule has 158 valence electrons. The van der Waals surface area contributed by atoms with Gasteiger partial charge in [0.15, 0.2) is 12.0 Å². The molecule has 0 saturated carbocycles. The molecule has 3 heterocycles. The van der Waals surface area contributed by atoms with Crippen molar-refractivity contribution in [1.82, 2.24) is 0 Å². The van der Waals surface area contributed by atoms with Gasteiger partial charge in [0.25, 0.3) is 0 Å². The molecule has 3 fully saturated rings. The Labute approximate surface area is 161 Å². The molecule has 27 heavy (non-hydrogen) atoms. The van der Waals surface area contributed by atoms with Gasteiger partial charge in [-0.3, -0.25) is 5.73 Å². The average molecular weight is 389 g/mol. The molecular weight excluding hydrogens is 354 g/mol. The highest BCUT2D eigenvalue weighted by Gasteiger charge is 2.51. The lowest BCUT2D eigenvalue weighted by Crippen LogP contribution is -2.74. The number of nitrogens with two attached hydrogens (primary N) is 3. The molecule has 0 spiro atoms. The number of hydrogen-bond donors (Lipinski definition) is 3. The van der Waals surface area contributed by atoms with E-state index in [9.17, 15) is 0 Å². The molecule has 3 rings (SSSR count). The largest absolute Gasteiger partial charge is 0.373 e. The number of epoxide rings is 3. The first kappa shape index (κ1) is 21.4. The topological polar surface area (TPSA) is 143 Å². The quantitative estimate of drug-likeness (QED) is 0.279. The molecule has 0 aromatic carbocycles. The lowest BCUT2D eigenvalue weighted by Gasteiger charge is -2.47. The van der Waals surface area contributed by atoms with Crippen LogP contribution in [-0.4, -0.2) is 80.5 Å². The van der Waals surface area contributed by atoms with Gasteiger partial charge in [-0.15, -0.1) is 0 Å². The summed E-state index contributed by atoms with van der Waals surface area (Å²) in [5.74, 6) is 0. The van der Waals surface area contributed by atoms with Gasteiger partial charge >= 0.3 is 0 Å². The van der Waals surface area contributed by atoms with Crippen LogP contribution in [0.1, 0.15) is 34.1 Å². The van der Waals surface area contributed by atoms with Gasteiger partial charge in [0.1, 0.15) is 12.2 Å². The maximum atomic E-state index is 6.63. The van der Waals surface area contributed by atoms with Crippen LogP contribution in [-0.2, 0) is 28.4 Å². The minimum absolute atomic E-state index is 0.0177. The van der Waals surface area contributed by atoms with Crippen molar-refractivity contribution in [2.75, 3.05) is 33.0 Å². The first-order chi connectivity index (χ1) is 12.5. The van der Waals surface area contributed by atoms with Crippen LogP contribution in [0, 0.1) is 0 Å². The Kier molecular flexibility index (Phi) is 6.18. The molecule has 6 N–H and O–H groups in total. The van der Waals surface area contributed by atoms with Gasteiger partial charge in [-0.2, -0.15) is 0 Å². The molecule has 6 atom stereocenters. The normalized spacial score (nSPS) is 31.9. The first-order valence-corrected chi connectivity index (χ1v) is 9.62.